The van der Waals surface area contributed by atoms with E-state index in [2.05, 4.69) is 0 Å². The molecule has 4 heteroatoms. The van der Waals surface area contributed by atoms with Gasteiger partial charge >= 0.3 is 5.97 Å². The van der Waals surface area contributed by atoms with Gasteiger partial charge in [-0.05, 0) is 13.8 Å². The zero-order valence-electron chi connectivity index (χ0n) is 9.20. The van der Waals surface area contributed by atoms with Crippen LogP contribution in [0.25, 0.3) is 0 Å². The van der Waals surface area contributed by atoms with Crippen LogP contribution in [0.1, 0.15) is 29.8 Å². The van der Waals surface area contributed by atoms with Crippen LogP contribution in [0.5, 0.6) is 0 Å². The van der Waals surface area contributed by atoms with Crippen LogP contribution in [0.2, 0.25) is 0 Å². The molecule has 15 heavy (non-hydrogen) atoms. The standard InChI is InChI=1S/C11H15N2O2/c1-4-15-11(14)9-5-6-13(3)7-10(9)8(2)12/h5-7,12H,4H2,1-3H3/q+1. The number of hydrogen-bond donors (Lipinski definition) is 1. The van der Waals surface area contributed by atoms with Crippen molar-refractivity contribution in [3.8, 4) is 0 Å². The molecule has 0 atom stereocenters. The van der Waals surface area contributed by atoms with Crippen molar-refractivity contribution in [1.82, 2.24) is 0 Å². The zero-order chi connectivity index (χ0) is 11.4. The molecule has 4 nitrogen and oxygen atoms in total. The molecule has 1 N–H and O–H groups in total. The fourth-order valence-corrected chi connectivity index (χ4v) is 1.28. The number of ether oxygens (including phenoxy) is 1. The molecule has 0 spiro atoms. The predicted molar refractivity (Wildman–Crippen MR) is 56.1 cm³/mol. The molecule has 0 aliphatic rings. The normalized spacial score (nSPS) is 9.80. The number of aromatic nitrogens is 1. The van der Waals surface area contributed by atoms with E-state index in [-0.39, 0.29) is 5.97 Å². The first-order valence-corrected chi connectivity index (χ1v) is 4.78. The first-order valence-electron chi connectivity index (χ1n) is 4.78. The van der Waals surface area contributed by atoms with E-state index >= 15 is 0 Å². The van der Waals surface area contributed by atoms with Crippen LogP contribution < -0.4 is 4.57 Å². The molecule has 0 aromatic carbocycles. The van der Waals surface area contributed by atoms with Crippen LogP contribution in [0.4, 0.5) is 0 Å². The fraction of sp³-hybridized carbons (Fsp3) is 0.364. The maximum Gasteiger partial charge on any atom is 0.339 e. The van der Waals surface area contributed by atoms with E-state index in [1.165, 1.54) is 0 Å². The minimum Gasteiger partial charge on any atom is -0.462 e. The Morgan fingerprint density at radius 3 is 2.73 bits per heavy atom. The Morgan fingerprint density at radius 2 is 2.20 bits per heavy atom. The van der Waals surface area contributed by atoms with Crippen molar-refractivity contribution in [3.63, 3.8) is 0 Å². The topological polar surface area (TPSA) is 54.0 Å². The van der Waals surface area contributed by atoms with Gasteiger partial charge in [0.1, 0.15) is 7.05 Å². The van der Waals surface area contributed by atoms with E-state index in [4.69, 9.17) is 10.1 Å². The lowest BCUT2D eigenvalue weighted by atomic mass is 10.1. The number of nitrogens with one attached hydrogen (secondary N) is 1. The van der Waals surface area contributed by atoms with Crippen molar-refractivity contribution in [2.45, 2.75) is 13.8 Å². The fourth-order valence-electron chi connectivity index (χ4n) is 1.28. The second kappa shape index (κ2) is 4.68. The monoisotopic (exact) mass is 207 g/mol. The van der Waals surface area contributed by atoms with Gasteiger partial charge in [0.2, 0.25) is 0 Å². The summed E-state index contributed by atoms with van der Waals surface area (Å²) in [6, 6.07) is 1.67. The minimum absolute atomic E-state index is 0.344. The molecule has 1 heterocycles. The molecule has 1 aromatic heterocycles. The van der Waals surface area contributed by atoms with Gasteiger partial charge in [-0.2, -0.15) is 0 Å². The second-order valence-electron chi connectivity index (χ2n) is 3.28. The molecule has 0 radical (unpaired) electrons. The molecule has 0 fully saturated rings. The smallest absolute Gasteiger partial charge is 0.339 e. The van der Waals surface area contributed by atoms with Crippen molar-refractivity contribution in [2.24, 2.45) is 7.05 Å². The summed E-state index contributed by atoms with van der Waals surface area (Å²) in [6.45, 7) is 3.76. The lowest BCUT2D eigenvalue weighted by Gasteiger charge is -2.05. The van der Waals surface area contributed by atoms with Gasteiger partial charge in [0.15, 0.2) is 12.4 Å². The van der Waals surface area contributed by atoms with Crippen molar-refractivity contribution in [1.29, 1.82) is 5.41 Å². The van der Waals surface area contributed by atoms with Crippen LogP contribution in [0.3, 0.4) is 0 Å². The highest BCUT2D eigenvalue weighted by Gasteiger charge is 2.16. The Morgan fingerprint density at radius 1 is 1.53 bits per heavy atom. The summed E-state index contributed by atoms with van der Waals surface area (Å²) in [6.07, 6.45) is 3.51. The first kappa shape index (κ1) is 11.4. The highest BCUT2D eigenvalue weighted by molar-refractivity contribution is 6.05. The van der Waals surface area contributed by atoms with Crippen molar-refractivity contribution >= 4 is 11.7 Å². The molecule has 0 saturated heterocycles. The van der Waals surface area contributed by atoms with Gasteiger partial charge in [0.25, 0.3) is 0 Å². The van der Waals surface area contributed by atoms with Gasteiger partial charge in [0, 0.05) is 11.8 Å². The summed E-state index contributed by atoms with van der Waals surface area (Å²) < 4.78 is 6.72. The van der Waals surface area contributed by atoms with E-state index in [0.29, 0.717) is 23.4 Å². The highest BCUT2D eigenvalue weighted by atomic mass is 16.5. The number of esters is 1. The zero-order valence-corrected chi connectivity index (χ0v) is 9.20. The van der Waals surface area contributed by atoms with Crippen molar-refractivity contribution in [3.05, 3.63) is 29.6 Å². The summed E-state index contributed by atoms with van der Waals surface area (Å²) in [5, 5.41) is 7.58. The molecule has 0 aliphatic heterocycles. The average Bonchev–Trinajstić information content (AvgIpc) is 2.17. The summed E-state index contributed by atoms with van der Waals surface area (Å²) in [4.78, 5) is 11.6. The van der Waals surface area contributed by atoms with Gasteiger partial charge in [-0.15, -0.1) is 0 Å². The highest BCUT2D eigenvalue weighted by Crippen LogP contribution is 2.08. The van der Waals surface area contributed by atoms with Crippen LogP contribution >= 0.6 is 0 Å². The number of carbonyl (C=O) groups excluding carboxylic acids is 1. The molecule has 0 bridgehead atoms. The number of hydrogen-bond acceptors (Lipinski definition) is 3. The molecule has 0 amide bonds. The number of pyridine rings is 1. The van der Waals surface area contributed by atoms with Crippen molar-refractivity contribution in [2.75, 3.05) is 6.61 Å². The largest absolute Gasteiger partial charge is 0.462 e. The third-order valence-electron chi connectivity index (χ3n) is 2.00. The maximum absolute atomic E-state index is 11.6. The lowest BCUT2D eigenvalue weighted by molar-refractivity contribution is -0.671. The van der Waals surface area contributed by atoms with E-state index in [1.54, 1.807) is 36.9 Å². The Labute approximate surface area is 89.0 Å². The van der Waals surface area contributed by atoms with E-state index in [0.717, 1.165) is 0 Å². The van der Waals surface area contributed by atoms with Crippen LogP contribution in [-0.4, -0.2) is 18.3 Å². The maximum atomic E-state index is 11.6. The Balaban J connectivity index is 3.17. The van der Waals surface area contributed by atoms with Gasteiger partial charge < -0.3 is 10.1 Å². The summed E-state index contributed by atoms with van der Waals surface area (Å²) >= 11 is 0. The van der Waals surface area contributed by atoms with Gasteiger partial charge in [-0.3, -0.25) is 0 Å². The predicted octanol–water partition coefficient (Wildman–Crippen LogP) is 1.08. The van der Waals surface area contributed by atoms with Crippen LogP contribution in [0, 0.1) is 5.41 Å². The summed E-state index contributed by atoms with van der Waals surface area (Å²) in [5.41, 5.74) is 1.41. The molecular weight excluding hydrogens is 192 g/mol. The molecule has 0 unspecified atom stereocenters. The van der Waals surface area contributed by atoms with Crippen LogP contribution in [-0.2, 0) is 11.8 Å². The van der Waals surface area contributed by atoms with E-state index in [9.17, 15) is 4.79 Å². The third kappa shape index (κ3) is 2.62. The number of nitrogens with zero attached hydrogens (tertiary/aromatic N) is 1. The molecule has 1 aromatic rings. The average molecular weight is 207 g/mol. The SMILES string of the molecule is CCOC(=O)c1cc[n+](C)cc1C(C)=N. The Kier molecular flexibility index (Phi) is 3.55. The molecular formula is C11H15N2O2+. The van der Waals surface area contributed by atoms with E-state index < -0.39 is 0 Å². The second-order valence-corrected chi connectivity index (χ2v) is 3.28. The molecule has 0 aliphatic carbocycles. The number of carbonyl (C=O) groups is 1. The molecule has 1 rings (SSSR count). The first-order chi connectivity index (χ1) is 7.06. The quantitative estimate of drug-likeness (QED) is 0.458. The number of rotatable bonds is 3. The molecule has 80 valence electrons. The molecule has 0 saturated carbocycles. The third-order valence-corrected chi connectivity index (χ3v) is 2.00. The Bertz CT molecular complexity index is 400. The van der Waals surface area contributed by atoms with Gasteiger partial charge in [-0.25, -0.2) is 9.36 Å². The number of aryl methyl sites for hydroxylation is 1. The van der Waals surface area contributed by atoms with Gasteiger partial charge in [0.05, 0.1) is 17.7 Å². The van der Waals surface area contributed by atoms with E-state index in [1.807, 2.05) is 7.05 Å². The minimum atomic E-state index is -0.375. The van der Waals surface area contributed by atoms with Gasteiger partial charge in [-0.1, -0.05) is 0 Å². The van der Waals surface area contributed by atoms with Crippen LogP contribution in [0.15, 0.2) is 18.5 Å². The Hall–Kier alpha value is -1.71. The lowest BCUT2D eigenvalue weighted by Crippen LogP contribution is -2.29. The van der Waals surface area contributed by atoms with Crippen molar-refractivity contribution < 1.29 is 14.1 Å². The summed E-state index contributed by atoms with van der Waals surface area (Å²) in [5.74, 6) is -0.375. The summed E-state index contributed by atoms with van der Waals surface area (Å²) in [7, 11) is 1.85.